The molecule has 106 valence electrons. The van der Waals surface area contributed by atoms with E-state index < -0.39 is 10.0 Å². The average Bonchev–Trinajstić information content (AvgIpc) is 2.42. The zero-order chi connectivity index (χ0) is 14.8. The van der Waals surface area contributed by atoms with Gasteiger partial charge in [0.15, 0.2) is 5.03 Å². The molecule has 0 aliphatic carbocycles. The van der Waals surface area contributed by atoms with Crippen LogP contribution in [0.4, 0.5) is 5.69 Å². The maximum Gasteiger partial charge on any atom is 0.279 e. The number of pyridine rings is 2. The first-order valence-electron chi connectivity index (χ1n) is 6.04. The fourth-order valence-corrected chi connectivity index (χ4v) is 2.73. The number of nitrogens with zero attached hydrogens (tertiary/aromatic N) is 2. The van der Waals surface area contributed by atoms with Crippen molar-refractivity contribution in [3.05, 3.63) is 47.4 Å². The Hall–Kier alpha value is -1.99. The van der Waals surface area contributed by atoms with E-state index in [2.05, 4.69) is 14.7 Å². The van der Waals surface area contributed by atoms with E-state index >= 15 is 0 Å². The number of hydrogen-bond acceptors (Lipinski definition) is 5. The van der Waals surface area contributed by atoms with E-state index in [-0.39, 0.29) is 5.03 Å². The van der Waals surface area contributed by atoms with Gasteiger partial charge in [0.2, 0.25) is 0 Å². The van der Waals surface area contributed by atoms with E-state index in [1.807, 2.05) is 6.92 Å². The Labute approximate surface area is 118 Å². The molecule has 0 fully saturated rings. The third-order valence-electron chi connectivity index (χ3n) is 2.78. The smallest absolute Gasteiger partial charge is 0.279 e. The molecule has 0 saturated heterocycles. The lowest BCUT2D eigenvalue weighted by atomic mass is 10.3. The van der Waals surface area contributed by atoms with E-state index in [1.165, 1.54) is 12.3 Å². The van der Waals surface area contributed by atoms with E-state index in [0.29, 0.717) is 17.9 Å². The van der Waals surface area contributed by atoms with Gasteiger partial charge < -0.3 is 5.73 Å². The molecule has 2 aromatic rings. The standard InChI is InChI=1S/C13H16N4O2S/c1-9-3-5-12(10(2)16-9)17-20(18,19)13-6-4-11(7-14)8-15-13/h3-6,8,17H,7,14H2,1-2H3. The van der Waals surface area contributed by atoms with E-state index in [9.17, 15) is 8.42 Å². The van der Waals surface area contributed by atoms with E-state index in [0.717, 1.165) is 11.3 Å². The van der Waals surface area contributed by atoms with Crippen LogP contribution in [0.1, 0.15) is 17.0 Å². The highest BCUT2D eigenvalue weighted by molar-refractivity contribution is 7.92. The second-order valence-corrected chi connectivity index (χ2v) is 6.03. The normalized spacial score (nSPS) is 11.3. The van der Waals surface area contributed by atoms with Gasteiger partial charge in [0.25, 0.3) is 10.0 Å². The van der Waals surface area contributed by atoms with Crippen molar-refractivity contribution in [1.82, 2.24) is 9.97 Å². The van der Waals surface area contributed by atoms with Crippen LogP contribution in [0.25, 0.3) is 0 Å². The van der Waals surface area contributed by atoms with Gasteiger partial charge in [-0.2, -0.15) is 8.42 Å². The Balaban J connectivity index is 2.30. The molecule has 6 nitrogen and oxygen atoms in total. The minimum atomic E-state index is -3.72. The number of hydrogen-bond donors (Lipinski definition) is 2. The van der Waals surface area contributed by atoms with Crippen LogP contribution in [0.2, 0.25) is 0 Å². The van der Waals surface area contributed by atoms with Crippen LogP contribution in [0.3, 0.4) is 0 Å². The van der Waals surface area contributed by atoms with Crippen molar-refractivity contribution in [2.75, 3.05) is 4.72 Å². The van der Waals surface area contributed by atoms with Crippen LogP contribution in [0, 0.1) is 13.8 Å². The quantitative estimate of drug-likeness (QED) is 0.886. The molecule has 0 unspecified atom stereocenters. The molecule has 0 atom stereocenters. The lowest BCUT2D eigenvalue weighted by molar-refractivity contribution is 0.597. The lowest BCUT2D eigenvalue weighted by Crippen LogP contribution is -2.16. The highest BCUT2D eigenvalue weighted by Crippen LogP contribution is 2.17. The van der Waals surface area contributed by atoms with Crippen molar-refractivity contribution in [2.45, 2.75) is 25.4 Å². The highest BCUT2D eigenvalue weighted by Gasteiger charge is 2.17. The van der Waals surface area contributed by atoms with Crippen molar-refractivity contribution in [1.29, 1.82) is 0 Å². The summed E-state index contributed by atoms with van der Waals surface area (Å²) in [6, 6.07) is 6.50. The topological polar surface area (TPSA) is 98.0 Å². The number of anilines is 1. The lowest BCUT2D eigenvalue weighted by Gasteiger charge is -2.10. The first kappa shape index (κ1) is 14.4. The van der Waals surface area contributed by atoms with Crippen LogP contribution in [0.15, 0.2) is 35.5 Å². The number of aromatic nitrogens is 2. The average molecular weight is 292 g/mol. The number of sulfonamides is 1. The molecule has 0 spiro atoms. The Bertz CT molecular complexity index is 712. The summed E-state index contributed by atoms with van der Waals surface area (Å²) in [5, 5.41) is -0.0466. The summed E-state index contributed by atoms with van der Waals surface area (Å²) in [7, 11) is -3.72. The minimum Gasteiger partial charge on any atom is -0.326 e. The maximum absolute atomic E-state index is 12.2. The van der Waals surface area contributed by atoms with Gasteiger partial charge in [-0.25, -0.2) is 4.98 Å². The van der Waals surface area contributed by atoms with Gasteiger partial charge in [0.05, 0.1) is 11.4 Å². The maximum atomic E-state index is 12.2. The number of aryl methyl sites for hydroxylation is 2. The molecule has 2 heterocycles. The van der Waals surface area contributed by atoms with Crippen molar-refractivity contribution in [3.63, 3.8) is 0 Å². The summed E-state index contributed by atoms with van der Waals surface area (Å²) in [4.78, 5) is 8.13. The molecule has 0 aliphatic heterocycles. The van der Waals surface area contributed by atoms with Gasteiger partial charge in [0.1, 0.15) is 0 Å². The highest BCUT2D eigenvalue weighted by atomic mass is 32.2. The molecule has 0 aromatic carbocycles. The van der Waals surface area contributed by atoms with Gasteiger partial charge in [-0.1, -0.05) is 6.07 Å². The van der Waals surface area contributed by atoms with E-state index in [1.54, 1.807) is 25.1 Å². The summed E-state index contributed by atoms with van der Waals surface area (Å²) in [5.41, 5.74) is 8.12. The molecule has 0 bridgehead atoms. The van der Waals surface area contributed by atoms with Crippen LogP contribution >= 0.6 is 0 Å². The number of rotatable bonds is 4. The van der Waals surface area contributed by atoms with Gasteiger partial charge >= 0.3 is 0 Å². The van der Waals surface area contributed by atoms with Gasteiger partial charge in [-0.05, 0) is 37.6 Å². The molecular weight excluding hydrogens is 276 g/mol. The third kappa shape index (κ3) is 3.12. The summed E-state index contributed by atoms with van der Waals surface area (Å²) >= 11 is 0. The second kappa shape index (κ2) is 5.56. The molecular formula is C13H16N4O2S. The predicted molar refractivity (Wildman–Crippen MR) is 76.6 cm³/mol. The Morgan fingerprint density at radius 1 is 1.20 bits per heavy atom. The predicted octanol–water partition coefficient (Wildman–Crippen LogP) is 1.35. The van der Waals surface area contributed by atoms with Crippen LogP contribution in [-0.2, 0) is 16.6 Å². The molecule has 2 rings (SSSR count). The molecule has 2 aromatic heterocycles. The summed E-state index contributed by atoms with van der Waals surface area (Å²) in [6.45, 7) is 3.91. The SMILES string of the molecule is Cc1ccc(NS(=O)(=O)c2ccc(CN)cn2)c(C)n1. The van der Waals surface area contributed by atoms with Crippen LogP contribution in [-0.4, -0.2) is 18.4 Å². The number of nitrogens with one attached hydrogen (secondary N) is 1. The second-order valence-electron chi connectivity index (χ2n) is 4.40. The zero-order valence-corrected chi connectivity index (χ0v) is 12.1. The molecule has 0 amide bonds. The first-order chi connectivity index (χ1) is 9.42. The third-order valence-corrected chi connectivity index (χ3v) is 4.06. The molecule has 0 saturated carbocycles. The molecule has 0 aliphatic rings. The Kier molecular flexibility index (Phi) is 4.01. The zero-order valence-electron chi connectivity index (χ0n) is 11.3. The van der Waals surface area contributed by atoms with Gasteiger partial charge in [-0.3, -0.25) is 9.71 Å². The monoisotopic (exact) mass is 292 g/mol. The Morgan fingerprint density at radius 2 is 1.95 bits per heavy atom. The van der Waals surface area contributed by atoms with Crippen molar-refractivity contribution < 1.29 is 8.42 Å². The minimum absolute atomic E-state index is 0.0466. The van der Waals surface area contributed by atoms with E-state index in [4.69, 9.17) is 5.73 Å². The van der Waals surface area contributed by atoms with Gasteiger partial charge in [0, 0.05) is 18.4 Å². The first-order valence-corrected chi connectivity index (χ1v) is 7.53. The largest absolute Gasteiger partial charge is 0.326 e. The molecule has 0 radical (unpaired) electrons. The van der Waals surface area contributed by atoms with Crippen LogP contribution < -0.4 is 10.5 Å². The molecule has 3 N–H and O–H groups in total. The van der Waals surface area contributed by atoms with Gasteiger partial charge in [-0.15, -0.1) is 0 Å². The fourth-order valence-electron chi connectivity index (χ4n) is 1.68. The van der Waals surface area contributed by atoms with Crippen molar-refractivity contribution in [3.8, 4) is 0 Å². The number of nitrogens with two attached hydrogens (primary N) is 1. The van der Waals surface area contributed by atoms with Crippen LogP contribution in [0.5, 0.6) is 0 Å². The molecule has 7 heteroatoms. The van der Waals surface area contributed by atoms with Crippen molar-refractivity contribution in [2.24, 2.45) is 5.73 Å². The summed E-state index contributed by atoms with van der Waals surface area (Å²) in [6.07, 6.45) is 1.45. The van der Waals surface area contributed by atoms with Crippen molar-refractivity contribution >= 4 is 15.7 Å². The summed E-state index contributed by atoms with van der Waals surface area (Å²) < 4.78 is 26.9. The molecule has 20 heavy (non-hydrogen) atoms. The summed E-state index contributed by atoms with van der Waals surface area (Å²) in [5.74, 6) is 0. The Morgan fingerprint density at radius 3 is 2.50 bits per heavy atom. The fraction of sp³-hybridized carbons (Fsp3) is 0.231.